The fraction of sp³-hybridized carbons (Fsp3) is 0.267. The number of benzene rings is 1. The molecule has 0 bridgehead atoms. The minimum Gasteiger partial charge on any atom is -0.439 e. The lowest BCUT2D eigenvalue weighted by Crippen LogP contribution is -2.04. The Bertz CT molecular complexity index is 552. The Morgan fingerprint density at radius 1 is 1.17 bits per heavy atom. The first kappa shape index (κ1) is 11.2. The van der Waals surface area contributed by atoms with Gasteiger partial charge in [-0.25, -0.2) is 4.98 Å². The number of para-hydroxylation sites is 1. The molecule has 3 heteroatoms. The Hall–Kier alpha value is -1.87. The molecule has 1 aromatic carbocycles. The van der Waals surface area contributed by atoms with Crippen LogP contribution in [0.25, 0.3) is 0 Å². The highest BCUT2D eigenvalue weighted by molar-refractivity contribution is 5.39. The van der Waals surface area contributed by atoms with E-state index >= 15 is 0 Å². The van der Waals surface area contributed by atoms with Gasteiger partial charge in [0.25, 0.3) is 0 Å². The molecule has 18 heavy (non-hydrogen) atoms. The molecule has 0 atom stereocenters. The molecule has 0 aliphatic heterocycles. The molecule has 3 rings (SSSR count). The highest BCUT2D eigenvalue weighted by Crippen LogP contribution is 2.29. The van der Waals surface area contributed by atoms with Crippen molar-refractivity contribution in [3.8, 4) is 11.6 Å². The van der Waals surface area contributed by atoms with Gasteiger partial charge in [0.05, 0.1) is 0 Å². The molecule has 1 aliphatic carbocycles. The lowest BCUT2D eigenvalue weighted by Gasteiger charge is -2.11. The molecule has 0 saturated heterocycles. The molecular weight excluding hydrogens is 224 g/mol. The summed E-state index contributed by atoms with van der Waals surface area (Å²) in [4.78, 5) is 4.62. The number of aryl methyl sites for hydroxylation is 2. The number of hydrogen-bond acceptors (Lipinski definition) is 3. The Balaban J connectivity index is 1.96. The predicted molar refractivity (Wildman–Crippen MR) is 70.7 cm³/mol. The molecule has 0 spiro atoms. The van der Waals surface area contributed by atoms with Crippen molar-refractivity contribution in [1.82, 2.24) is 4.98 Å². The van der Waals surface area contributed by atoms with Gasteiger partial charge in [-0.15, -0.1) is 0 Å². The summed E-state index contributed by atoms with van der Waals surface area (Å²) in [5, 5.41) is 0. The van der Waals surface area contributed by atoms with Gasteiger partial charge in [0, 0.05) is 17.8 Å². The van der Waals surface area contributed by atoms with Crippen molar-refractivity contribution in [2.75, 3.05) is 0 Å². The summed E-state index contributed by atoms with van der Waals surface area (Å²) in [5.74, 6) is 1.46. The first-order chi connectivity index (χ1) is 8.86. The number of ether oxygens (including phenoxy) is 1. The average Bonchev–Trinajstić information content (AvgIpc) is 2.86. The van der Waals surface area contributed by atoms with E-state index in [1.807, 2.05) is 30.3 Å². The Labute approximate surface area is 107 Å². The van der Waals surface area contributed by atoms with Crippen LogP contribution in [0.3, 0.4) is 0 Å². The lowest BCUT2D eigenvalue weighted by molar-refractivity contribution is 0.454. The van der Waals surface area contributed by atoms with Crippen molar-refractivity contribution < 1.29 is 4.74 Å². The molecule has 3 nitrogen and oxygen atoms in total. The van der Waals surface area contributed by atoms with E-state index < -0.39 is 0 Å². The molecule has 0 unspecified atom stereocenters. The lowest BCUT2D eigenvalue weighted by atomic mass is 10.1. The highest BCUT2D eigenvalue weighted by Gasteiger charge is 2.16. The van der Waals surface area contributed by atoms with E-state index in [2.05, 4.69) is 11.1 Å². The molecule has 1 aliphatic rings. The van der Waals surface area contributed by atoms with Gasteiger partial charge in [0.2, 0.25) is 5.88 Å². The van der Waals surface area contributed by atoms with E-state index in [1.165, 1.54) is 12.0 Å². The zero-order chi connectivity index (χ0) is 12.4. The van der Waals surface area contributed by atoms with E-state index in [1.54, 1.807) is 0 Å². The zero-order valence-electron chi connectivity index (χ0n) is 10.2. The van der Waals surface area contributed by atoms with E-state index in [4.69, 9.17) is 10.5 Å². The van der Waals surface area contributed by atoms with Crippen LogP contribution in [-0.2, 0) is 19.4 Å². The molecule has 92 valence electrons. The highest BCUT2D eigenvalue weighted by atomic mass is 16.5. The van der Waals surface area contributed by atoms with Crippen LogP contribution in [0.4, 0.5) is 0 Å². The number of fused-ring (bicyclic) bond motifs is 1. The molecular formula is C15H16N2O. The summed E-state index contributed by atoms with van der Waals surface area (Å²) in [6.07, 6.45) is 3.34. The Kier molecular flexibility index (Phi) is 2.99. The van der Waals surface area contributed by atoms with Gasteiger partial charge < -0.3 is 10.5 Å². The third-order valence-corrected chi connectivity index (χ3v) is 3.27. The molecule has 0 fully saturated rings. The fourth-order valence-corrected chi connectivity index (χ4v) is 2.34. The predicted octanol–water partition coefficient (Wildman–Crippen LogP) is 2.82. The van der Waals surface area contributed by atoms with E-state index in [0.717, 1.165) is 29.8 Å². The molecule has 1 aromatic heterocycles. The number of nitrogens with zero attached hydrogens (tertiary/aromatic N) is 1. The standard InChI is InChI=1S/C15H16N2O/c16-10-12-9-11-5-4-8-14(11)17-15(12)18-13-6-2-1-3-7-13/h1-3,6-7,9H,4-5,8,10,16H2. The van der Waals surface area contributed by atoms with Gasteiger partial charge in [0.1, 0.15) is 5.75 Å². The van der Waals surface area contributed by atoms with Crippen LogP contribution in [0.15, 0.2) is 36.4 Å². The summed E-state index contributed by atoms with van der Waals surface area (Å²) in [6.45, 7) is 0.461. The van der Waals surface area contributed by atoms with Crippen molar-refractivity contribution in [2.24, 2.45) is 5.73 Å². The molecule has 1 heterocycles. The monoisotopic (exact) mass is 240 g/mol. The minimum absolute atomic E-state index is 0.461. The van der Waals surface area contributed by atoms with E-state index in [9.17, 15) is 0 Å². The van der Waals surface area contributed by atoms with Gasteiger partial charge in [-0.05, 0) is 43.0 Å². The number of nitrogens with two attached hydrogens (primary N) is 1. The average molecular weight is 240 g/mol. The van der Waals surface area contributed by atoms with Crippen LogP contribution < -0.4 is 10.5 Å². The quantitative estimate of drug-likeness (QED) is 0.897. The van der Waals surface area contributed by atoms with Crippen LogP contribution >= 0.6 is 0 Å². The first-order valence-corrected chi connectivity index (χ1v) is 6.31. The van der Waals surface area contributed by atoms with Crippen molar-refractivity contribution >= 4 is 0 Å². The molecule has 0 saturated carbocycles. The third-order valence-electron chi connectivity index (χ3n) is 3.27. The van der Waals surface area contributed by atoms with Crippen LogP contribution in [0.1, 0.15) is 23.2 Å². The molecule has 2 aromatic rings. The van der Waals surface area contributed by atoms with Crippen LogP contribution in [0.5, 0.6) is 11.6 Å². The minimum atomic E-state index is 0.461. The zero-order valence-corrected chi connectivity index (χ0v) is 10.2. The summed E-state index contributed by atoms with van der Waals surface area (Å²) < 4.78 is 5.83. The summed E-state index contributed by atoms with van der Waals surface area (Å²) in [7, 11) is 0. The second-order valence-electron chi connectivity index (χ2n) is 4.53. The summed E-state index contributed by atoms with van der Waals surface area (Å²) in [6, 6.07) is 11.9. The number of hydrogen-bond donors (Lipinski definition) is 1. The summed E-state index contributed by atoms with van der Waals surface area (Å²) in [5.41, 5.74) is 9.26. The van der Waals surface area contributed by atoms with Gasteiger partial charge >= 0.3 is 0 Å². The summed E-state index contributed by atoms with van der Waals surface area (Å²) >= 11 is 0. The smallest absolute Gasteiger partial charge is 0.223 e. The molecule has 0 radical (unpaired) electrons. The molecule has 0 amide bonds. The topological polar surface area (TPSA) is 48.1 Å². The Morgan fingerprint density at radius 3 is 2.78 bits per heavy atom. The fourth-order valence-electron chi connectivity index (χ4n) is 2.34. The second kappa shape index (κ2) is 4.78. The van der Waals surface area contributed by atoms with Crippen LogP contribution in [0, 0.1) is 0 Å². The number of pyridine rings is 1. The maximum Gasteiger partial charge on any atom is 0.223 e. The van der Waals surface area contributed by atoms with E-state index in [-0.39, 0.29) is 0 Å². The van der Waals surface area contributed by atoms with Gasteiger partial charge in [0.15, 0.2) is 0 Å². The molecule has 2 N–H and O–H groups in total. The van der Waals surface area contributed by atoms with Gasteiger partial charge in [-0.3, -0.25) is 0 Å². The van der Waals surface area contributed by atoms with Crippen LogP contribution in [0.2, 0.25) is 0 Å². The second-order valence-corrected chi connectivity index (χ2v) is 4.53. The first-order valence-electron chi connectivity index (χ1n) is 6.31. The maximum absolute atomic E-state index is 5.83. The number of rotatable bonds is 3. The van der Waals surface area contributed by atoms with Crippen LogP contribution in [-0.4, -0.2) is 4.98 Å². The number of aromatic nitrogens is 1. The van der Waals surface area contributed by atoms with E-state index in [0.29, 0.717) is 12.4 Å². The maximum atomic E-state index is 5.83. The van der Waals surface area contributed by atoms with Gasteiger partial charge in [-0.1, -0.05) is 18.2 Å². The SMILES string of the molecule is NCc1cc2c(nc1Oc1ccccc1)CCC2. The van der Waals surface area contributed by atoms with Crippen molar-refractivity contribution in [1.29, 1.82) is 0 Å². The normalized spacial score (nSPS) is 13.4. The van der Waals surface area contributed by atoms with Crippen molar-refractivity contribution in [3.63, 3.8) is 0 Å². The van der Waals surface area contributed by atoms with Crippen molar-refractivity contribution in [3.05, 3.63) is 53.2 Å². The van der Waals surface area contributed by atoms with Gasteiger partial charge in [-0.2, -0.15) is 0 Å². The Morgan fingerprint density at radius 2 is 2.00 bits per heavy atom. The largest absolute Gasteiger partial charge is 0.439 e. The third kappa shape index (κ3) is 2.09. The van der Waals surface area contributed by atoms with Crippen molar-refractivity contribution in [2.45, 2.75) is 25.8 Å².